The maximum Gasteiger partial charge on any atom is 0.137 e. The highest BCUT2D eigenvalue weighted by Gasteiger charge is 2.21. The van der Waals surface area contributed by atoms with E-state index in [0.717, 1.165) is 11.3 Å². The van der Waals surface area contributed by atoms with Gasteiger partial charge in [-0.05, 0) is 48.6 Å². The topological polar surface area (TPSA) is 25.2 Å². The average molecular weight is 273 g/mol. The predicted molar refractivity (Wildman–Crippen MR) is 86.3 cm³/mol. The Hall–Kier alpha value is -1.28. The molecule has 20 heavy (non-hydrogen) atoms. The SMILES string of the molecule is CNC(c1cc2cc(C(C)(C)C)cc(C)c2o1)C(C)C. The summed E-state index contributed by atoms with van der Waals surface area (Å²) < 4.78 is 6.12. The van der Waals surface area contributed by atoms with Crippen molar-refractivity contribution in [3.63, 3.8) is 0 Å². The van der Waals surface area contributed by atoms with Crippen molar-refractivity contribution in [2.45, 2.75) is 53.0 Å². The highest BCUT2D eigenvalue weighted by Crippen LogP contribution is 2.33. The molecule has 2 heteroatoms. The molecule has 0 amide bonds. The fraction of sp³-hybridized carbons (Fsp3) is 0.556. The first-order valence-corrected chi connectivity index (χ1v) is 7.46. The molecule has 2 aromatic rings. The quantitative estimate of drug-likeness (QED) is 0.855. The minimum Gasteiger partial charge on any atom is -0.459 e. The van der Waals surface area contributed by atoms with Gasteiger partial charge in [-0.3, -0.25) is 0 Å². The lowest BCUT2D eigenvalue weighted by Gasteiger charge is -2.19. The number of nitrogens with one attached hydrogen (secondary N) is 1. The number of hydrogen-bond donors (Lipinski definition) is 1. The van der Waals surface area contributed by atoms with Crippen LogP contribution < -0.4 is 5.32 Å². The molecule has 2 rings (SSSR count). The van der Waals surface area contributed by atoms with E-state index in [1.54, 1.807) is 0 Å². The summed E-state index contributed by atoms with van der Waals surface area (Å²) in [6.45, 7) is 13.3. The molecule has 0 saturated heterocycles. The zero-order valence-electron chi connectivity index (χ0n) is 13.8. The molecule has 0 aliphatic heterocycles. The highest BCUT2D eigenvalue weighted by molar-refractivity contribution is 5.82. The molecule has 1 heterocycles. The zero-order chi connectivity index (χ0) is 15.1. The van der Waals surface area contributed by atoms with E-state index in [0.29, 0.717) is 5.92 Å². The molecule has 1 aromatic carbocycles. The van der Waals surface area contributed by atoms with Gasteiger partial charge in [0.25, 0.3) is 0 Å². The molecule has 2 nitrogen and oxygen atoms in total. The second-order valence-corrected chi connectivity index (χ2v) is 7.12. The summed E-state index contributed by atoms with van der Waals surface area (Å²) in [4.78, 5) is 0. The standard InChI is InChI=1S/C18H27NO/c1-11(2)16(19-7)15-10-13-9-14(18(4,5)6)8-12(3)17(13)20-15/h8-11,16,19H,1-7H3. The van der Waals surface area contributed by atoms with Crippen molar-refractivity contribution in [2.75, 3.05) is 7.05 Å². The number of benzene rings is 1. The maximum absolute atomic E-state index is 6.12. The van der Waals surface area contributed by atoms with Gasteiger partial charge in [0.15, 0.2) is 0 Å². The summed E-state index contributed by atoms with van der Waals surface area (Å²) in [6, 6.07) is 6.97. The first kappa shape index (κ1) is 15.1. The van der Waals surface area contributed by atoms with Crippen molar-refractivity contribution in [2.24, 2.45) is 5.92 Å². The summed E-state index contributed by atoms with van der Waals surface area (Å²) in [6.07, 6.45) is 0. The van der Waals surface area contributed by atoms with Crippen LogP contribution in [0.25, 0.3) is 11.0 Å². The molecule has 1 unspecified atom stereocenters. The molecule has 0 aliphatic carbocycles. The molecule has 0 aliphatic rings. The van der Waals surface area contributed by atoms with Gasteiger partial charge in [-0.1, -0.05) is 40.7 Å². The van der Waals surface area contributed by atoms with Crippen LogP contribution in [0.2, 0.25) is 0 Å². The molecule has 1 aromatic heterocycles. The van der Waals surface area contributed by atoms with Gasteiger partial charge < -0.3 is 9.73 Å². The summed E-state index contributed by atoms with van der Waals surface area (Å²) in [5, 5.41) is 4.56. The van der Waals surface area contributed by atoms with Crippen molar-refractivity contribution in [1.82, 2.24) is 5.32 Å². The van der Waals surface area contributed by atoms with E-state index in [9.17, 15) is 0 Å². The zero-order valence-corrected chi connectivity index (χ0v) is 13.8. The first-order chi connectivity index (χ1) is 9.24. The summed E-state index contributed by atoms with van der Waals surface area (Å²) in [7, 11) is 1.99. The highest BCUT2D eigenvalue weighted by atomic mass is 16.3. The Balaban J connectivity index is 2.57. The van der Waals surface area contributed by atoms with Crippen LogP contribution in [0.3, 0.4) is 0 Å². The fourth-order valence-corrected chi connectivity index (χ4v) is 2.74. The van der Waals surface area contributed by atoms with Crippen LogP contribution in [0.4, 0.5) is 0 Å². The molecule has 0 bridgehead atoms. The Labute approximate surface area is 122 Å². The summed E-state index contributed by atoms with van der Waals surface area (Å²) in [5.74, 6) is 1.54. The summed E-state index contributed by atoms with van der Waals surface area (Å²) in [5.41, 5.74) is 3.77. The van der Waals surface area contributed by atoms with Crippen LogP contribution in [0.5, 0.6) is 0 Å². The van der Waals surface area contributed by atoms with E-state index < -0.39 is 0 Å². The van der Waals surface area contributed by atoms with Gasteiger partial charge in [-0.2, -0.15) is 0 Å². The van der Waals surface area contributed by atoms with Gasteiger partial charge >= 0.3 is 0 Å². The number of hydrogen-bond acceptors (Lipinski definition) is 2. The molecule has 0 spiro atoms. The van der Waals surface area contributed by atoms with Gasteiger partial charge in [0, 0.05) is 5.39 Å². The Kier molecular flexibility index (Phi) is 3.97. The lowest BCUT2D eigenvalue weighted by molar-refractivity contribution is 0.370. The predicted octanol–water partition coefficient (Wildman–Crippen LogP) is 4.96. The minimum atomic E-state index is 0.164. The third-order valence-corrected chi connectivity index (χ3v) is 3.97. The number of fused-ring (bicyclic) bond motifs is 1. The minimum absolute atomic E-state index is 0.164. The van der Waals surface area contributed by atoms with Gasteiger partial charge in [-0.25, -0.2) is 0 Å². The van der Waals surface area contributed by atoms with Crippen LogP contribution in [-0.2, 0) is 5.41 Å². The molecule has 110 valence electrons. The molecule has 1 atom stereocenters. The van der Waals surface area contributed by atoms with Crippen LogP contribution in [-0.4, -0.2) is 7.05 Å². The van der Waals surface area contributed by atoms with Gasteiger partial charge in [0.2, 0.25) is 0 Å². The van der Waals surface area contributed by atoms with Gasteiger partial charge in [-0.15, -0.1) is 0 Å². The third-order valence-electron chi connectivity index (χ3n) is 3.97. The molecule has 0 saturated carbocycles. The molecular formula is C18H27NO. The Morgan fingerprint density at radius 2 is 1.75 bits per heavy atom. The number of furan rings is 1. The second-order valence-electron chi connectivity index (χ2n) is 7.12. The van der Waals surface area contributed by atoms with E-state index >= 15 is 0 Å². The third kappa shape index (κ3) is 2.76. The molecule has 1 N–H and O–H groups in total. The van der Waals surface area contributed by atoms with Crippen molar-refractivity contribution in [3.05, 3.63) is 35.1 Å². The second kappa shape index (κ2) is 5.25. The van der Waals surface area contributed by atoms with Crippen molar-refractivity contribution in [3.8, 4) is 0 Å². The van der Waals surface area contributed by atoms with Crippen LogP contribution in [0.1, 0.15) is 57.5 Å². The first-order valence-electron chi connectivity index (χ1n) is 7.46. The fourth-order valence-electron chi connectivity index (χ4n) is 2.74. The van der Waals surface area contributed by atoms with E-state index in [1.165, 1.54) is 16.5 Å². The Morgan fingerprint density at radius 3 is 2.25 bits per heavy atom. The van der Waals surface area contributed by atoms with Crippen LogP contribution >= 0.6 is 0 Å². The summed E-state index contributed by atoms with van der Waals surface area (Å²) >= 11 is 0. The van der Waals surface area contributed by atoms with Gasteiger partial charge in [0.05, 0.1) is 6.04 Å². The maximum atomic E-state index is 6.12. The van der Waals surface area contributed by atoms with Crippen molar-refractivity contribution < 1.29 is 4.42 Å². The average Bonchev–Trinajstić information content (AvgIpc) is 2.72. The number of aryl methyl sites for hydroxylation is 1. The lowest BCUT2D eigenvalue weighted by Crippen LogP contribution is -2.20. The van der Waals surface area contributed by atoms with E-state index in [1.807, 2.05) is 7.05 Å². The van der Waals surface area contributed by atoms with Crippen LogP contribution in [0.15, 0.2) is 22.6 Å². The largest absolute Gasteiger partial charge is 0.459 e. The molecule has 0 radical (unpaired) electrons. The van der Waals surface area contributed by atoms with Crippen molar-refractivity contribution >= 4 is 11.0 Å². The van der Waals surface area contributed by atoms with E-state index in [-0.39, 0.29) is 11.5 Å². The lowest BCUT2D eigenvalue weighted by atomic mass is 9.85. The normalized spacial score (nSPS) is 14.2. The number of rotatable bonds is 3. The molecular weight excluding hydrogens is 246 g/mol. The monoisotopic (exact) mass is 273 g/mol. The van der Waals surface area contributed by atoms with Crippen molar-refractivity contribution in [1.29, 1.82) is 0 Å². The van der Waals surface area contributed by atoms with Gasteiger partial charge in [0.1, 0.15) is 11.3 Å². The van der Waals surface area contributed by atoms with E-state index in [2.05, 4.69) is 65.1 Å². The molecule has 0 fully saturated rings. The van der Waals surface area contributed by atoms with E-state index in [4.69, 9.17) is 4.42 Å². The Morgan fingerprint density at radius 1 is 1.10 bits per heavy atom. The van der Waals surface area contributed by atoms with Crippen LogP contribution in [0, 0.1) is 12.8 Å². The smallest absolute Gasteiger partial charge is 0.137 e. The Bertz CT molecular complexity index is 602.